The molecular weight excluding hydrogens is 191 g/mol. The minimum atomic E-state index is -0.159. The number of rotatable bonds is 0. The third-order valence-electron chi connectivity index (χ3n) is 3.58. The summed E-state index contributed by atoms with van der Waals surface area (Å²) in [6.45, 7) is 0.848. The van der Waals surface area contributed by atoms with Crippen LogP contribution in [0.1, 0.15) is 25.7 Å². The number of halogens is 1. The van der Waals surface area contributed by atoms with Crippen molar-refractivity contribution in [3.63, 3.8) is 0 Å². The van der Waals surface area contributed by atoms with Gasteiger partial charge in [0.25, 0.3) is 0 Å². The lowest BCUT2D eigenvalue weighted by atomic mass is 9.94. The average Bonchev–Trinajstić information content (AvgIpc) is 2.66. The number of benzene rings is 1. The molecule has 80 valence electrons. The number of nitrogens with one attached hydrogen (secondary N) is 2. The highest BCUT2D eigenvalue weighted by Crippen LogP contribution is 2.39. The SMILES string of the molecule is Fc1cccc2c1NCC1(CCCC1)N2. The summed E-state index contributed by atoms with van der Waals surface area (Å²) in [4.78, 5) is 0. The van der Waals surface area contributed by atoms with Gasteiger partial charge in [-0.2, -0.15) is 0 Å². The van der Waals surface area contributed by atoms with E-state index >= 15 is 0 Å². The molecule has 2 aliphatic rings. The number of hydrogen-bond acceptors (Lipinski definition) is 2. The van der Waals surface area contributed by atoms with Crippen LogP contribution in [-0.2, 0) is 0 Å². The van der Waals surface area contributed by atoms with Crippen LogP contribution in [-0.4, -0.2) is 12.1 Å². The molecule has 1 heterocycles. The number of hydrogen-bond donors (Lipinski definition) is 2. The van der Waals surface area contributed by atoms with Crippen LogP contribution in [0.2, 0.25) is 0 Å². The summed E-state index contributed by atoms with van der Waals surface area (Å²) in [6.07, 6.45) is 4.94. The zero-order chi connectivity index (χ0) is 10.3. The van der Waals surface area contributed by atoms with Crippen molar-refractivity contribution in [2.75, 3.05) is 17.2 Å². The van der Waals surface area contributed by atoms with E-state index in [2.05, 4.69) is 10.6 Å². The molecule has 1 aliphatic heterocycles. The molecular formula is C12H15FN2. The number of fused-ring (bicyclic) bond motifs is 1. The van der Waals surface area contributed by atoms with E-state index in [1.807, 2.05) is 6.07 Å². The summed E-state index contributed by atoms with van der Waals surface area (Å²) in [6, 6.07) is 5.21. The quantitative estimate of drug-likeness (QED) is 0.682. The van der Waals surface area contributed by atoms with Crippen LogP contribution in [0.25, 0.3) is 0 Å². The first-order chi connectivity index (χ1) is 7.29. The van der Waals surface area contributed by atoms with Crippen molar-refractivity contribution in [3.8, 4) is 0 Å². The lowest BCUT2D eigenvalue weighted by Gasteiger charge is -2.37. The van der Waals surface area contributed by atoms with Crippen LogP contribution in [0, 0.1) is 5.82 Å². The molecule has 3 rings (SSSR count). The normalized spacial score (nSPS) is 21.9. The second-order valence-electron chi connectivity index (χ2n) is 4.63. The fourth-order valence-corrected chi connectivity index (χ4v) is 2.75. The minimum absolute atomic E-state index is 0.159. The highest BCUT2D eigenvalue weighted by molar-refractivity contribution is 5.72. The summed E-state index contributed by atoms with van der Waals surface area (Å²) in [7, 11) is 0. The molecule has 0 amide bonds. The molecule has 0 atom stereocenters. The van der Waals surface area contributed by atoms with E-state index in [1.165, 1.54) is 31.7 Å². The van der Waals surface area contributed by atoms with E-state index in [-0.39, 0.29) is 11.4 Å². The third kappa shape index (κ3) is 1.37. The van der Waals surface area contributed by atoms with Gasteiger partial charge in [0.2, 0.25) is 0 Å². The van der Waals surface area contributed by atoms with Crippen molar-refractivity contribution in [3.05, 3.63) is 24.0 Å². The maximum absolute atomic E-state index is 13.4. The van der Waals surface area contributed by atoms with Gasteiger partial charge in [-0.3, -0.25) is 0 Å². The summed E-state index contributed by atoms with van der Waals surface area (Å²) in [5, 5.41) is 6.74. The van der Waals surface area contributed by atoms with Crippen LogP contribution in [0.15, 0.2) is 18.2 Å². The van der Waals surface area contributed by atoms with Gasteiger partial charge in [-0.15, -0.1) is 0 Å². The molecule has 1 saturated carbocycles. The molecule has 2 N–H and O–H groups in total. The molecule has 0 radical (unpaired) electrons. The van der Waals surface area contributed by atoms with E-state index in [4.69, 9.17) is 0 Å². The molecule has 0 aromatic heterocycles. The molecule has 1 aromatic rings. The maximum atomic E-state index is 13.4. The Morgan fingerprint density at radius 1 is 1.20 bits per heavy atom. The fraction of sp³-hybridized carbons (Fsp3) is 0.500. The first-order valence-corrected chi connectivity index (χ1v) is 5.60. The van der Waals surface area contributed by atoms with Gasteiger partial charge in [-0.25, -0.2) is 4.39 Å². The molecule has 1 aromatic carbocycles. The van der Waals surface area contributed by atoms with Gasteiger partial charge >= 0.3 is 0 Å². The Hall–Kier alpha value is -1.25. The summed E-state index contributed by atoms with van der Waals surface area (Å²) in [5.41, 5.74) is 1.74. The Morgan fingerprint density at radius 3 is 2.80 bits per heavy atom. The summed E-state index contributed by atoms with van der Waals surface area (Å²) in [5.74, 6) is -0.159. The third-order valence-corrected chi connectivity index (χ3v) is 3.58. The predicted octanol–water partition coefficient (Wildman–Crippen LogP) is 2.98. The molecule has 15 heavy (non-hydrogen) atoms. The molecule has 1 fully saturated rings. The van der Waals surface area contributed by atoms with Crippen molar-refractivity contribution < 1.29 is 4.39 Å². The van der Waals surface area contributed by atoms with Crippen molar-refractivity contribution >= 4 is 11.4 Å². The van der Waals surface area contributed by atoms with Gasteiger partial charge < -0.3 is 10.6 Å². The molecule has 0 bridgehead atoms. The monoisotopic (exact) mass is 206 g/mol. The standard InChI is InChI=1S/C12H15FN2/c13-9-4-3-5-10-11(9)14-8-12(15-10)6-1-2-7-12/h3-5,14-15H,1-2,6-8H2. The van der Waals surface area contributed by atoms with Gasteiger partial charge in [0.1, 0.15) is 5.82 Å². The number of para-hydroxylation sites is 1. The van der Waals surface area contributed by atoms with Crippen molar-refractivity contribution in [1.29, 1.82) is 0 Å². The summed E-state index contributed by atoms with van der Waals surface area (Å²) < 4.78 is 13.4. The first-order valence-electron chi connectivity index (χ1n) is 5.60. The highest BCUT2D eigenvalue weighted by Gasteiger charge is 2.37. The van der Waals surface area contributed by atoms with Gasteiger partial charge in [0.15, 0.2) is 0 Å². The largest absolute Gasteiger partial charge is 0.379 e. The van der Waals surface area contributed by atoms with Crippen molar-refractivity contribution in [1.82, 2.24) is 0 Å². The predicted molar refractivity (Wildman–Crippen MR) is 59.7 cm³/mol. The van der Waals surface area contributed by atoms with E-state index in [0.717, 1.165) is 12.2 Å². The van der Waals surface area contributed by atoms with Gasteiger partial charge in [-0.05, 0) is 25.0 Å². The lowest BCUT2D eigenvalue weighted by Crippen LogP contribution is -2.45. The molecule has 2 nitrogen and oxygen atoms in total. The van der Waals surface area contributed by atoms with Crippen LogP contribution >= 0.6 is 0 Å². The van der Waals surface area contributed by atoms with E-state index in [0.29, 0.717) is 5.69 Å². The molecule has 0 saturated heterocycles. The molecule has 1 aliphatic carbocycles. The van der Waals surface area contributed by atoms with E-state index in [9.17, 15) is 4.39 Å². The fourth-order valence-electron chi connectivity index (χ4n) is 2.75. The molecule has 3 heteroatoms. The minimum Gasteiger partial charge on any atom is -0.379 e. The topological polar surface area (TPSA) is 24.1 Å². The van der Waals surface area contributed by atoms with E-state index in [1.54, 1.807) is 6.07 Å². The van der Waals surface area contributed by atoms with Crippen molar-refractivity contribution in [2.45, 2.75) is 31.2 Å². The Morgan fingerprint density at radius 2 is 2.00 bits per heavy atom. The zero-order valence-corrected chi connectivity index (χ0v) is 8.65. The van der Waals surface area contributed by atoms with Gasteiger partial charge in [0.05, 0.1) is 16.9 Å². The Bertz CT molecular complexity index is 383. The molecule has 0 unspecified atom stereocenters. The second kappa shape index (κ2) is 3.12. The number of anilines is 2. The Labute approximate surface area is 88.9 Å². The van der Waals surface area contributed by atoms with Crippen LogP contribution in [0.3, 0.4) is 0 Å². The molecule has 1 spiro atoms. The van der Waals surface area contributed by atoms with Gasteiger partial charge in [-0.1, -0.05) is 18.9 Å². The van der Waals surface area contributed by atoms with Gasteiger partial charge in [0, 0.05) is 6.54 Å². The lowest BCUT2D eigenvalue weighted by molar-refractivity contribution is 0.496. The van der Waals surface area contributed by atoms with Crippen LogP contribution < -0.4 is 10.6 Å². The zero-order valence-electron chi connectivity index (χ0n) is 8.65. The average molecular weight is 206 g/mol. The first kappa shape index (κ1) is 9.01. The Balaban J connectivity index is 1.96. The summed E-state index contributed by atoms with van der Waals surface area (Å²) >= 11 is 0. The second-order valence-corrected chi connectivity index (χ2v) is 4.63. The van der Waals surface area contributed by atoms with E-state index < -0.39 is 0 Å². The highest BCUT2D eigenvalue weighted by atomic mass is 19.1. The smallest absolute Gasteiger partial charge is 0.148 e. The van der Waals surface area contributed by atoms with Crippen LogP contribution in [0.5, 0.6) is 0 Å². The van der Waals surface area contributed by atoms with Crippen molar-refractivity contribution in [2.24, 2.45) is 0 Å². The maximum Gasteiger partial charge on any atom is 0.148 e. The Kier molecular flexibility index (Phi) is 1.87. The van der Waals surface area contributed by atoms with Crippen LogP contribution in [0.4, 0.5) is 15.8 Å².